The molecule has 0 aliphatic carbocycles. The zero-order chi connectivity index (χ0) is 18.8. The Kier molecular flexibility index (Phi) is 4.58. The third-order valence-electron chi connectivity index (χ3n) is 4.18. The zero-order valence-electron chi connectivity index (χ0n) is 14.5. The molecule has 0 saturated heterocycles. The predicted octanol–water partition coefficient (Wildman–Crippen LogP) is 2.36. The molecule has 1 heterocycles. The highest BCUT2D eigenvalue weighted by atomic mass is 16.4. The Balaban J connectivity index is 2.09. The minimum absolute atomic E-state index is 0.305. The molecule has 0 aromatic heterocycles. The number of imide groups is 1. The van der Waals surface area contributed by atoms with Crippen LogP contribution in [0.25, 0.3) is 11.6 Å². The van der Waals surface area contributed by atoms with Gasteiger partial charge in [0, 0.05) is 30.9 Å². The summed E-state index contributed by atoms with van der Waals surface area (Å²) in [4.78, 5) is 39.1. The predicted molar refractivity (Wildman–Crippen MR) is 98.8 cm³/mol. The maximum absolute atomic E-state index is 12.8. The van der Waals surface area contributed by atoms with Gasteiger partial charge in [0.1, 0.15) is 6.54 Å². The third-order valence-corrected chi connectivity index (χ3v) is 4.18. The number of carbonyl (C=O) groups excluding carboxylic acids is 2. The highest BCUT2D eigenvalue weighted by Crippen LogP contribution is 2.30. The average molecular weight is 350 g/mol. The number of benzene rings is 2. The minimum atomic E-state index is -1.24. The van der Waals surface area contributed by atoms with Crippen LogP contribution in [0.2, 0.25) is 0 Å². The summed E-state index contributed by atoms with van der Waals surface area (Å²) in [5.74, 6) is -2.43. The van der Waals surface area contributed by atoms with Crippen LogP contribution in [0.15, 0.2) is 48.5 Å². The number of anilines is 1. The van der Waals surface area contributed by atoms with E-state index in [1.54, 1.807) is 30.3 Å². The molecule has 0 spiro atoms. The van der Waals surface area contributed by atoms with E-state index >= 15 is 0 Å². The second-order valence-corrected chi connectivity index (χ2v) is 6.18. The number of amides is 2. The van der Waals surface area contributed by atoms with Gasteiger partial charge >= 0.3 is 5.97 Å². The fourth-order valence-electron chi connectivity index (χ4n) is 2.86. The van der Waals surface area contributed by atoms with Crippen molar-refractivity contribution in [3.8, 4) is 0 Å². The van der Waals surface area contributed by atoms with Crippen LogP contribution in [0.4, 0.5) is 5.69 Å². The van der Waals surface area contributed by atoms with Crippen molar-refractivity contribution in [2.45, 2.75) is 0 Å². The standard InChI is InChI=1S/C20H18N2O4/c1-21(2)14-9-7-13(8-10-14)11-17-15-5-3-4-6-16(15)19(25)22(20(17)26)12-18(23)24/h3-11H,12H2,1-2H3,(H,23,24)/b17-11-. The summed E-state index contributed by atoms with van der Waals surface area (Å²) in [5, 5.41) is 9.04. The largest absolute Gasteiger partial charge is 0.480 e. The van der Waals surface area contributed by atoms with E-state index in [9.17, 15) is 14.4 Å². The van der Waals surface area contributed by atoms with Gasteiger partial charge in [-0.1, -0.05) is 30.3 Å². The number of carboxylic acid groups (broad SMARTS) is 1. The summed E-state index contributed by atoms with van der Waals surface area (Å²) in [6.45, 7) is -0.664. The number of carboxylic acids is 1. The van der Waals surface area contributed by atoms with Gasteiger partial charge in [0.15, 0.2) is 0 Å². The Morgan fingerprint density at radius 3 is 2.19 bits per heavy atom. The zero-order valence-corrected chi connectivity index (χ0v) is 14.5. The smallest absolute Gasteiger partial charge is 0.323 e. The Morgan fingerprint density at radius 1 is 1.00 bits per heavy atom. The normalized spacial score (nSPS) is 15.2. The van der Waals surface area contributed by atoms with Crippen molar-refractivity contribution in [2.24, 2.45) is 0 Å². The lowest BCUT2D eigenvalue weighted by Crippen LogP contribution is -2.44. The Bertz CT molecular complexity index is 914. The van der Waals surface area contributed by atoms with Gasteiger partial charge in [0.05, 0.1) is 0 Å². The third kappa shape index (κ3) is 3.21. The molecule has 0 unspecified atom stereocenters. The van der Waals surface area contributed by atoms with Crippen molar-refractivity contribution in [3.05, 3.63) is 65.2 Å². The Morgan fingerprint density at radius 2 is 1.62 bits per heavy atom. The van der Waals surface area contributed by atoms with Crippen molar-refractivity contribution in [1.29, 1.82) is 0 Å². The maximum Gasteiger partial charge on any atom is 0.323 e. The number of hydrogen-bond acceptors (Lipinski definition) is 4. The summed E-state index contributed by atoms with van der Waals surface area (Å²) in [5.41, 5.74) is 2.95. The van der Waals surface area contributed by atoms with E-state index in [1.807, 2.05) is 43.3 Å². The van der Waals surface area contributed by atoms with Crippen LogP contribution in [0.5, 0.6) is 0 Å². The van der Waals surface area contributed by atoms with Gasteiger partial charge in [0.2, 0.25) is 0 Å². The first-order chi connectivity index (χ1) is 12.4. The highest BCUT2D eigenvalue weighted by molar-refractivity contribution is 6.34. The van der Waals surface area contributed by atoms with Gasteiger partial charge < -0.3 is 10.0 Å². The molecule has 6 nitrogen and oxygen atoms in total. The summed E-state index contributed by atoms with van der Waals surface area (Å²) in [6, 6.07) is 14.3. The topological polar surface area (TPSA) is 77.9 Å². The number of fused-ring (bicyclic) bond motifs is 1. The minimum Gasteiger partial charge on any atom is -0.480 e. The lowest BCUT2D eigenvalue weighted by Gasteiger charge is -2.27. The van der Waals surface area contributed by atoms with Crippen LogP contribution in [-0.4, -0.2) is 48.4 Å². The van der Waals surface area contributed by atoms with Gasteiger partial charge in [-0.3, -0.25) is 19.3 Å². The van der Waals surface area contributed by atoms with E-state index in [4.69, 9.17) is 5.11 Å². The van der Waals surface area contributed by atoms with Crippen LogP contribution in [0.1, 0.15) is 21.5 Å². The molecule has 0 atom stereocenters. The van der Waals surface area contributed by atoms with Gasteiger partial charge in [-0.2, -0.15) is 0 Å². The van der Waals surface area contributed by atoms with Crippen molar-refractivity contribution in [2.75, 3.05) is 25.5 Å². The van der Waals surface area contributed by atoms with Crippen molar-refractivity contribution in [3.63, 3.8) is 0 Å². The molecule has 0 saturated carbocycles. The van der Waals surface area contributed by atoms with Gasteiger partial charge in [0.25, 0.3) is 11.8 Å². The molecule has 26 heavy (non-hydrogen) atoms. The van der Waals surface area contributed by atoms with E-state index in [-0.39, 0.29) is 0 Å². The molecule has 132 valence electrons. The summed E-state index contributed by atoms with van der Waals surface area (Å²) >= 11 is 0. The molecule has 2 aromatic carbocycles. The molecule has 6 heteroatoms. The quantitative estimate of drug-likeness (QED) is 0.676. The Hall–Kier alpha value is -3.41. The maximum atomic E-state index is 12.8. The van der Waals surface area contributed by atoms with E-state index < -0.39 is 24.3 Å². The van der Waals surface area contributed by atoms with Crippen molar-refractivity contribution < 1.29 is 19.5 Å². The van der Waals surface area contributed by atoms with Crippen LogP contribution < -0.4 is 4.90 Å². The van der Waals surface area contributed by atoms with Crippen LogP contribution in [0, 0.1) is 0 Å². The lowest BCUT2D eigenvalue weighted by molar-refractivity contribution is -0.141. The SMILES string of the molecule is CN(C)c1ccc(/C=C2\C(=O)N(CC(=O)O)C(=O)c3ccccc32)cc1. The number of nitrogens with zero attached hydrogens (tertiary/aromatic N) is 2. The van der Waals surface area contributed by atoms with Gasteiger partial charge in [-0.25, -0.2) is 0 Å². The number of carbonyl (C=O) groups is 3. The first kappa shape index (κ1) is 17.4. The molecule has 3 rings (SSSR count). The highest BCUT2D eigenvalue weighted by Gasteiger charge is 2.35. The second kappa shape index (κ2) is 6.84. The van der Waals surface area contributed by atoms with Crippen LogP contribution in [0.3, 0.4) is 0 Å². The monoisotopic (exact) mass is 350 g/mol. The van der Waals surface area contributed by atoms with Crippen LogP contribution in [-0.2, 0) is 9.59 Å². The first-order valence-corrected chi connectivity index (χ1v) is 8.05. The summed E-state index contributed by atoms with van der Waals surface area (Å²) < 4.78 is 0. The van der Waals surface area contributed by atoms with E-state index in [1.165, 1.54) is 0 Å². The second-order valence-electron chi connectivity index (χ2n) is 6.18. The number of hydrogen-bond donors (Lipinski definition) is 1. The van der Waals surface area contributed by atoms with E-state index in [0.717, 1.165) is 16.2 Å². The molecule has 0 radical (unpaired) electrons. The number of rotatable bonds is 4. The van der Waals surface area contributed by atoms with Gasteiger partial charge in [-0.15, -0.1) is 0 Å². The van der Waals surface area contributed by atoms with Crippen LogP contribution >= 0.6 is 0 Å². The first-order valence-electron chi connectivity index (χ1n) is 8.05. The van der Waals surface area contributed by atoms with E-state index in [2.05, 4.69) is 0 Å². The van der Waals surface area contributed by atoms with E-state index in [0.29, 0.717) is 16.7 Å². The molecule has 2 amide bonds. The molecule has 0 fully saturated rings. The molecule has 1 aliphatic heterocycles. The Labute approximate surface area is 151 Å². The summed E-state index contributed by atoms with van der Waals surface area (Å²) in [6.07, 6.45) is 1.68. The van der Waals surface area contributed by atoms with Gasteiger partial charge in [-0.05, 0) is 35.4 Å². The molecular formula is C20H18N2O4. The fourth-order valence-corrected chi connectivity index (χ4v) is 2.86. The molecule has 0 bridgehead atoms. The fraction of sp³-hybridized carbons (Fsp3) is 0.150. The lowest BCUT2D eigenvalue weighted by atomic mass is 9.92. The number of aliphatic carboxylic acids is 1. The van der Waals surface area contributed by atoms with Crippen molar-refractivity contribution in [1.82, 2.24) is 4.90 Å². The molecule has 1 N–H and O–H groups in total. The average Bonchev–Trinajstić information content (AvgIpc) is 2.62. The molecular weight excluding hydrogens is 332 g/mol. The van der Waals surface area contributed by atoms with Crippen molar-refractivity contribution >= 4 is 35.1 Å². The molecule has 2 aromatic rings. The molecule has 1 aliphatic rings. The summed E-state index contributed by atoms with van der Waals surface area (Å²) in [7, 11) is 3.87.